The third kappa shape index (κ3) is 3.21. The normalized spacial score (nSPS) is 27.9. The van der Waals surface area contributed by atoms with E-state index in [-0.39, 0.29) is 5.91 Å². The first-order valence-electron chi connectivity index (χ1n) is 6.56. The van der Waals surface area contributed by atoms with Crippen LogP contribution in [0, 0.1) is 11.8 Å². The smallest absolute Gasteiger partial charge is 0.251 e. The third-order valence-electron chi connectivity index (χ3n) is 3.80. The van der Waals surface area contributed by atoms with Crippen molar-refractivity contribution in [1.29, 1.82) is 0 Å². The summed E-state index contributed by atoms with van der Waals surface area (Å²) in [4.78, 5) is 13.8. The quantitative estimate of drug-likeness (QED) is 0.798. The number of amides is 1. The SMILES string of the molecule is CCCC(O)C(=O)N1CCC(C)C(CC)C1. The van der Waals surface area contributed by atoms with E-state index in [4.69, 9.17) is 0 Å². The van der Waals surface area contributed by atoms with Crippen LogP contribution in [0.15, 0.2) is 0 Å². The van der Waals surface area contributed by atoms with Crippen LogP contribution >= 0.6 is 0 Å². The summed E-state index contributed by atoms with van der Waals surface area (Å²) in [5.41, 5.74) is 0. The zero-order valence-electron chi connectivity index (χ0n) is 10.8. The Kier molecular flexibility index (Phi) is 5.26. The number of hydrogen-bond donors (Lipinski definition) is 1. The van der Waals surface area contributed by atoms with E-state index in [1.807, 2.05) is 11.8 Å². The minimum absolute atomic E-state index is 0.0628. The van der Waals surface area contributed by atoms with Gasteiger partial charge in [-0.1, -0.05) is 33.6 Å². The van der Waals surface area contributed by atoms with E-state index >= 15 is 0 Å². The number of rotatable bonds is 4. The average molecular weight is 227 g/mol. The molecule has 1 N–H and O–H groups in total. The largest absolute Gasteiger partial charge is 0.383 e. The van der Waals surface area contributed by atoms with Gasteiger partial charge in [-0.2, -0.15) is 0 Å². The fraction of sp³-hybridized carbons (Fsp3) is 0.923. The van der Waals surface area contributed by atoms with Crippen LogP contribution in [0.25, 0.3) is 0 Å². The highest BCUT2D eigenvalue weighted by atomic mass is 16.3. The van der Waals surface area contributed by atoms with Crippen LogP contribution in [0.2, 0.25) is 0 Å². The molecule has 0 aromatic rings. The van der Waals surface area contributed by atoms with E-state index in [0.29, 0.717) is 18.3 Å². The van der Waals surface area contributed by atoms with Crippen molar-refractivity contribution < 1.29 is 9.90 Å². The van der Waals surface area contributed by atoms with Crippen LogP contribution in [-0.2, 0) is 4.79 Å². The Morgan fingerprint density at radius 1 is 1.50 bits per heavy atom. The highest BCUT2D eigenvalue weighted by Gasteiger charge is 2.30. The summed E-state index contributed by atoms with van der Waals surface area (Å²) in [7, 11) is 0. The van der Waals surface area contributed by atoms with Gasteiger partial charge in [0.2, 0.25) is 0 Å². The molecule has 1 amide bonds. The molecule has 0 radical (unpaired) electrons. The Balaban J connectivity index is 2.51. The number of nitrogens with zero attached hydrogens (tertiary/aromatic N) is 1. The van der Waals surface area contributed by atoms with Crippen molar-refractivity contribution in [2.24, 2.45) is 11.8 Å². The number of carbonyl (C=O) groups excluding carboxylic acids is 1. The van der Waals surface area contributed by atoms with Crippen LogP contribution in [0.3, 0.4) is 0 Å². The maximum Gasteiger partial charge on any atom is 0.251 e. The number of aliphatic hydroxyl groups is 1. The monoisotopic (exact) mass is 227 g/mol. The lowest BCUT2D eigenvalue weighted by Crippen LogP contribution is -2.47. The fourth-order valence-electron chi connectivity index (χ4n) is 2.49. The van der Waals surface area contributed by atoms with Gasteiger partial charge in [0.15, 0.2) is 0 Å². The van der Waals surface area contributed by atoms with Crippen molar-refractivity contribution in [3.05, 3.63) is 0 Å². The molecule has 0 bridgehead atoms. The van der Waals surface area contributed by atoms with Gasteiger partial charge in [-0.25, -0.2) is 0 Å². The van der Waals surface area contributed by atoms with Crippen LogP contribution in [0.1, 0.15) is 46.5 Å². The molecule has 0 saturated carbocycles. The first kappa shape index (κ1) is 13.5. The Hall–Kier alpha value is -0.570. The highest BCUT2D eigenvalue weighted by Crippen LogP contribution is 2.26. The van der Waals surface area contributed by atoms with Crippen molar-refractivity contribution in [2.75, 3.05) is 13.1 Å². The standard InChI is InChI=1S/C13H25NO2/c1-4-6-12(15)13(16)14-8-7-10(3)11(5-2)9-14/h10-12,15H,4-9H2,1-3H3. The number of likely N-dealkylation sites (tertiary alicyclic amines) is 1. The Morgan fingerprint density at radius 3 is 2.75 bits per heavy atom. The molecule has 16 heavy (non-hydrogen) atoms. The zero-order chi connectivity index (χ0) is 12.1. The molecule has 0 aromatic carbocycles. The molecule has 1 aliphatic heterocycles. The van der Waals surface area contributed by atoms with E-state index < -0.39 is 6.10 Å². The molecular weight excluding hydrogens is 202 g/mol. The minimum atomic E-state index is -0.782. The Labute approximate surface area is 98.8 Å². The van der Waals surface area contributed by atoms with Gasteiger partial charge in [0, 0.05) is 13.1 Å². The van der Waals surface area contributed by atoms with Crippen LogP contribution in [0.5, 0.6) is 0 Å². The number of aliphatic hydroxyl groups excluding tert-OH is 1. The molecule has 0 aromatic heterocycles. The summed E-state index contributed by atoms with van der Waals surface area (Å²) in [6, 6.07) is 0. The molecule has 1 heterocycles. The van der Waals surface area contributed by atoms with Gasteiger partial charge < -0.3 is 10.0 Å². The van der Waals surface area contributed by atoms with E-state index in [9.17, 15) is 9.90 Å². The average Bonchev–Trinajstić information content (AvgIpc) is 2.29. The van der Waals surface area contributed by atoms with Gasteiger partial charge in [-0.15, -0.1) is 0 Å². The number of hydrogen-bond acceptors (Lipinski definition) is 2. The molecule has 1 rings (SSSR count). The predicted molar refractivity (Wildman–Crippen MR) is 65.1 cm³/mol. The van der Waals surface area contributed by atoms with E-state index in [2.05, 4.69) is 13.8 Å². The number of carbonyl (C=O) groups is 1. The molecule has 1 aliphatic rings. The maximum absolute atomic E-state index is 11.9. The molecule has 0 spiro atoms. The summed E-state index contributed by atoms with van der Waals surface area (Å²) >= 11 is 0. The van der Waals surface area contributed by atoms with Gasteiger partial charge in [-0.3, -0.25) is 4.79 Å². The summed E-state index contributed by atoms with van der Waals surface area (Å²) in [5.74, 6) is 1.25. The molecule has 1 saturated heterocycles. The van der Waals surface area contributed by atoms with Gasteiger partial charge in [0.05, 0.1) is 0 Å². The minimum Gasteiger partial charge on any atom is -0.383 e. The van der Waals surface area contributed by atoms with Crippen LogP contribution in [-0.4, -0.2) is 35.1 Å². The highest BCUT2D eigenvalue weighted by molar-refractivity contribution is 5.80. The second-order valence-corrected chi connectivity index (χ2v) is 5.02. The van der Waals surface area contributed by atoms with Crippen LogP contribution in [0.4, 0.5) is 0 Å². The van der Waals surface area contributed by atoms with Gasteiger partial charge in [-0.05, 0) is 24.7 Å². The topological polar surface area (TPSA) is 40.5 Å². The molecule has 3 atom stereocenters. The maximum atomic E-state index is 11.9. The Morgan fingerprint density at radius 2 is 2.19 bits per heavy atom. The fourth-order valence-corrected chi connectivity index (χ4v) is 2.49. The van der Waals surface area contributed by atoms with E-state index in [0.717, 1.165) is 32.4 Å². The lowest BCUT2D eigenvalue weighted by molar-refractivity contribution is -0.143. The second kappa shape index (κ2) is 6.24. The zero-order valence-corrected chi connectivity index (χ0v) is 10.8. The van der Waals surface area contributed by atoms with E-state index in [1.165, 1.54) is 0 Å². The summed E-state index contributed by atoms with van der Waals surface area (Å²) in [5, 5.41) is 9.70. The van der Waals surface area contributed by atoms with Gasteiger partial charge >= 0.3 is 0 Å². The first-order valence-corrected chi connectivity index (χ1v) is 6.56. The molecule has 3 unspecified atom stereocenters. The van der Waals surface area contributed by atoms with Gasteiger partial charge in [0.1, 0.15) is 6.10 Å². The molecule has 1 fully saturated rings. The van der Waals surface area contributed by atoms with Crippen molar-refractivity contribution in [3.63, 3.8) is 0 Å². The van der Waals surface area contributed by atoms with E-state index in [1.54, 1.807) is 0 Å². The van der Waals surface area contributed by atoms with Crippen molar-refractivity contribution >= 4 is 5.91 Å². The van der Waals surface area contributed by atoms with Crippen molar-refractivity contribution in [1.82, 2.24) is 4.90 Å². The molecule has 0 aliphatic carbocycles. The van der Waals surface area contributed by atoms with Crippen molar-refractivity contribution in [2.45, 2.75) is 52.6 Å². The molecule has 94 valence electrons. The predicted octanol–water partition coefficient (Wildman–Crippen LogP) is 2.04. The van der Waals surface area contributed by atoms with Crippen LogP contribution < -0.4 is 0 Å². The Bertz CT molecular complexity index is 230. The first-order chi connectivity index (χ1) is 7.60. The lowest BCUT2D eigenvalue weighted by Gasteiger charge is -2.37. The molecular formula is C13H25NO2. The summed E-state index contributed by atoms with van der Waals surface area (Å²) in [6.07, 6.45) is 2.85. The lowest BCUT2D eigenvalue weighted by atomic mass is 9.85. The summed E-state index contributed by atoms with van der Waals surface area (Å²) in [6.45, 7) is 8.08. The van der Waals surface area contributed by atoms with Crippen molar-refractivity contribution in [3.8, 4) is 0 Å². The third-order valence-corrected chi connectivity index (χ3v) is 3.80. The van der Waals surface area contributed by atoms with Gasteiger partial charge in [0.25, 0.3) is 5.91 Å². The molecule has 3 nitrogen and oxygen atoms in total. The second-order valence-electron chi connectivity index (χ2n) is 5.02. The number of piperidine rings is 1. The summed E-state index contributed by atoms with van der Waals surface area (Å²) < 4.78 is 0. The molecule has 3 heteroatoms.